The minimum absolute atomic E-state index is 0.0358. The third kappa shape index (κ3) is 3.76. The van der Waals surface area contributed by atoms with Gasteiger partial charge in [-0.3, -0.25) is 14.4 Å². The van der Waals surface area contributed by atoms with Crippen LogP contribution in [0.15, 0.2) is 48.8 Å². The second-order valence-electron chi connectivity index (χ2n) is 7.24. The largest absolute Gasteiger partial charge is 0.339 e. The summed E-state index contributed by atoms with van der Waals surface area (Å²) in [7, 11) is 0. The molecule has 1 aromatic carbocycles. The molecule has 0 unspecified atom stereocenters. The van der Waals surface area contributed by atoms with Crippen LogP contribution in [0.25, 0.3) is 16.8 Å². The monoisotopic (exact) mass is 390 g/mol. The molecule has 3 aromatic rings. The Balaban J connectivity index is 1.55. The molecule has 4 rings (SSSR count). The molecular weight excluding hydrogens is 368 g/mol. The molecule has 1 aliphatic rings. The van der Waals surface area contributed by atoms with Crippen molar-refractivity contribution in [2.45, 2.75) is 13.8 Å². The molecule has 3 heterocycles. The van der Waals surface area contributed by atoms with Crippen LogP contribution < -0.4 is 0 Å². The van der Waals surface area contributed by atoms with Gasteiger partial charge in [-0.1, -0.05) is 24.3 Å². The lowest BCUT2D eigenvalue weighted by molar-refractivity contribution is -0.130. The zero-order chi connectivity index (χ0) is 20.5. The number of rotatable bonds is 3. The molecule has 0 atom stereocenters. The first-order chi connectivity index (χ1) is 13.9. The summed E-state index contributed by atoms with van der Waals surface area (Å²) < 4.78 is 1.84. The maximum atomic E-state index is 12.8. The summed E-state index contributed by atoms with van der Waals surface area (Å²) in [6.45, 7) is 5.22. The van der Waals surface area contributed by atoms with Gasteiger partial charge in [0.15, 0.2) is 5.78 Å². The van der Waals surface area contributed by atoms with E-state index >= 15 is 0 Å². The van der Waals surface area contributed by atoms with Crippen molar-refractivity contribution in [3.8, 4) is 11.1 Å². The van der Waals surface area contributed by atoms with E-state index in [1.165, 1.54) is 0 Å². The Hall–Kier alpha value is -3.48. The molecule has 0 N–H and O–H groups in total. The molecule has 7 nitrogen and oxygen atoms in total. The van der Waals surface area contributed by atoms with Crippen molar-refractivity contribution in [2.75, 3.05) is 26.2 Å². The molecular formula is C22H22N4O3. The summed E-state index contributed by atoms with van der Waals surface area (Å²) in [5, 5.41) is 0. The van der Waals surface area contributed by atoms with Crippen LogP contribution >= 0.6 is 0 Å². The van der Waals surface area contributed by atoms with E-state index in [4.69, 9.17) is 0 Å². The van der Waals surface area contributed by atoms with Crippen LogP contribution in [0.1, 0.15) is 34.7 Å². The van der Waals surface area contributed by atoms with Crippen LogP contribution in [0.4, 0.5) is 0 Å². The maximum Gasteiger partial charge on any atom is 0.274 e. The molecule has 0 spiro atoms. The van der Waals surface area contributed by atoms with Crippen molar-refractivity contribution in [3.63, 3.8) is 0 Å². The lowest BCUT2D eigenvalue weighted by atomic mass is 10.0. The fraction of sp³-hybridized carbons (Fsp3) is 0.273. The van der Waals surface area contributed by atoms with Gasteiger partial charge in [-0.05, 0) is 30.2 Å². The summed E-state index contributed by atoms with van der Waals surface area (Å²) in [6, 6.07) is 11.3. The number of hydrogen-bond donors (Lipinski definition) is 0. The predicted molar refractivity (Wildman–Crippen MR) is 109 cm³/mol. The van der Waals surface area contributed by atoms with Crippen molar-refractivity contribution >= 4 is 23.2 Å². The van der Waals surface area contributed by atoms with Crippen LogP contribution in [0.5, 0.6) is 0 Å². The number of piperazine rings is 1. The maximum absolute atomic E-state index is 12.8. The quantitative estimate of drug-likeness (QED) is 0.644. The lowest BCUT2D eigenvalue weighted by Crippen LogP contribution is -2.50. The average molecular weight is 390 g/mol. The van der Waals surface area contributed by atoms with E-state index in [2.05, 4.69) is 4.98 Å². The second-order valence-corrected chi connectivity index (χ2v) is 7.24. The predicted octanol–water partition coefficient (Wildman–Crippen LogP) is 2.51. The topological polar surface area (TPSA) is 75.0 Å². The molecule has 1 fully saturated rings. The third-order valence-corrected chi connectivity index (χ3v) is 5.31. The summed E-state index contributed by atoms with van der Waals surface area (Å²) >= 11 is 0. The highest BCUT2D eigenvalue weighted by molar-refractivity contribution is 5.94. The Morgan fingerprint density at radius 3 is 2.03 bits per heavy atom. The molecule has 0 radical (unpaired) electrons. The highest BCUT2D eigenvalue weighted by Crippen LogP contribution is 2.21. The van der Waals surface area contributed by atoms with Gasteiger partial charge in [0.1, 0.15) is 11.3 Å². The summed E-state index contributed by atoms with van der Waals surface area (Å²) in [5.41, 5.74) is 3.72. The van der Waals surface area contributed by atoms with Crippen LogP contribution in [0, 0.1) is 0 Å². The normalized spacial score (nSPS) is 14.3. The Kier molecular flexibility index (Phi) is 4.88. The highest BCUT2D eigenvalue weighted by Gasteiger charge is 2.24. The molecule has 148 valence electrons. The lowest BCUT2D eigenvalue weighted by Gasteiger charge is -2.33. The SMILES string of the molecule is CC(=O)c1ccc(-c2ccc3nc(C(=O)N4CCN(C(C)=O)CC4)cn3c2)cc1. The minimum atomic E-state index is -0.121. The second kappa shape index (κ2) is 7.50. The number of aromatic nitrogens is 2. The van der Waals surface area contributed by atoms with E-state index in [1.807, 2.05) is 47.0 Å². The number of Topliss-reactive ketones (excluding diaryl/α,β-unsaturated/α-hetero) is 1. The summed E-state index contributed by atoms with van der Waals surface area (Å²) in [4.78, 5) is 43.7. The molecule has 2 aromatic heterocycles. The number of benzene rings is 1. The number of ketones is 1. The van der Waals surface area contributed by atoms with Gasteiger partial charge in [-0.15, -0.1) is 0 Å². The molecule has 0 saturated carbocycles. The number of pyridine rings is 1. The molecule has 7 heteroatoms. The Morgan fingerprint density at radius 1 is 0.793 bits per heavy atom. The number of amides is 2. The number of nitrogens with zero attached hydrogens (tertiary/aromatic N) is 4. The van der Waals surface area contributed by atoms with Crippen LogP contribution in [-0.2, 0) is 4.79 Å². The van der Waals surface area contributed by atoms with Gasteiger partial charge in [0, 0.05) is 51.1 Å². The van der Waals surface area contributed by atoms with Gasteiger partial charge in [0.25, 0.3) is 5.91 Å². The number of fused-ring (bicyclic) bond motifs is 1. The van der Waals surface area contributed by atoms with Crippen LogP contribution in [-0.4, -0.2) is 63.0 Å². The van der Waals surface area contributed by atoms with Crippen LogP contribution in [0.3, 0.4) is 0 Å². The van der Waals surface area contributed by atoms with E-state index in [-0.39, 0.29) is 17.6 Å². The number of carbonyl (C=O) groups excluding carboxylic acids is 3. The Morgan fingerprint density at radius 2 is 1.41 bits per heavy atom. The van der Waals surface area contributed by atoms with Gasteiger partial charge < -0.3 is 14.2 Å². The van der Waals surface area contributed by atoms with E-state index in [0.717, 1.165) is 11.1 Å². The molecule has 2 amide bonds. The summed E-state index contributed by atoms with van der Waals surface area (Å²) in [5.74, 6) is -0.0492. The van der Waals surface area contributed by atoms with Crippen molar-refractivity contribution in [3.05, 3.63) is 60.0 Å². The molecule has 0 aliphatic carbocycles. The fourth-order valence-corrected chi connectivity index (χ4v) is 3.55. The number of hydrogen-bond acceptors (Lipinski definition) is 4. The smallest absolute Gasteiger partial charge is 0.274 e. The van der Waals surface area contributed by atoms with Crippen LogP contribution in [0.2, 0.25) is 0 Å². The first-order valence-electron chi connectivity index (χ1n) is 9.57. The highest BCUT2D eigenvalue weighted by atomic mass is 16.2. The minimum Gasteiger partial charge on any atom is -0.339 e. The van der Waals surface area contributed by atoms with E-state index in [1.54, 1.807) is 29.8 Å². The van der Waals surface area contributed by atoms with E-state index in [0.29, 0.717) is 43.1 Å². The van der Waals surface area contributed by atoms with Gasteiger partial charge >= 0.3 is 0 Å². The van der Waals surface area contributed by atoms with Gasteiger partial charge in [-0.2, -0.15) is 0 Å². The zero-order valence-electron chi connectivity index (χ0n) is 16.5. The zero-order valence-corrected chi connectivity index (χ0v) is 16.5. The summed E-state index contributed by atoms with van der Waals surface area (Å²) in [6.07, 6.45) is 3.66. The Labute approximate surface area is 168 Å². The van der Waals surface area contributed by atoms with Crippen molar-refractivity contribution in [1.82, 2.24) is 19.2 Å². The van der Waals surface area contributed by atoms with Crippen molar-refractivity contribution in [2.24, 2.45) is 0 Å². The Bertz CT molecular complexity index is 1090. The average Bonchev–Trinajstić information content (AvgIpc) is 3.16. The van der Waals surface area contributed by atoms with Crippen molar-refractivity contribution in [1.29, 1.82) is 0 Å². The van der Waals surface area contributed by atoms with Crippen molar-refractivity contribution < 1.29 is 14.4 Å². The molecule has 1 saturated heterocycles. The first-order valence-corrected chi connectivity index (χ1v) is 9.57. The van der Waals surface area contributed by atoms with Gasteiger partial charge in [-0.25, -0.2) is 4.98 Å². The van der Waals surface area contributed by atoms with E-state index in [9.17, 15) is 14.4 Å². The van der Waals surface area contributed by atoms with Gasteiger partial charge in [0.05, 0.1) is 0 Å². The van der Waals surface area contributed by atoms with E-state index < -0.39 is 0 Å². The third-order valence-electron chi connectivity index (χ3n) is 5.31. The fourth-order valence-electron chi connectivity index (χ4n) is 3.55. The molecule has 0 bridgehead atoms. The number of carbonyl (C=O) groups is 3. The standard InChI is InChI=1S/C22H22N4O3/c1-15(27)17-3-5-18(6-4-17)19-7-8-21-23-20(14-26(21)13-19)22(29)25-11-9-24(10-12-25)16(2)28/h3-8,13-14H,9-12H2,1-2H3. The molecule has 1 aliphatic heterocycles. The van der Waals surface area contributed by atoms with Gasteiger partial charge in [0.2, 0.25) is 5.91 Å². The molecule has 29 heavy (non-hydrogen) atoms. The first kappa shape index (κ1) is 18.9. The number of imidazole rings is 1.